The fraction of sp³-hybridized carbons (Fsp3) is 0.0545. The highest BCUT2D eigenvalue weighted by atomic mass is 32.1. The standard InChI is InChI=1S/C55H38N2S/c1-55(2)48-26-13-11-22-44(48)45-29-28-37(33-49(45)55)41-20-9-10-21-42(41)38-30-39(43-24-15-25-47-46-23-12-14-27-52(46)58-53(43)47)32-40(31-38)51-34-50(35-16-5-3-6-17-35)56-54(57-51)36-18-7-4-8-19-36/h3-34H,1-2H3. The Morgan fingerprint density at radius 1 is 0.362 bits per heavy atom. The topological polar surface area (TPSA) is 25.8 Å². The Morgan fingerprint density at radius 3 is 1.69 bits per heavy atom. The predicted octanol–water partition coefficient (Wildman–Crippen LogP) is 15.2. The maximum atomic E-state index is 5.31. The van der Waals surface area contributed by atoms with Gasteiger partial charge in [-0.15, -0.1) is 11.3 Å². The van der Waals surface area contributed by atoms with Crippen LogP contribution in [0.2, 0.25) is 0 Å². The fourth-order valence-electron chi connectivity index (χ4n) is 8.99. The third-order valence-electron chi connectivity index (χ3n) is 11.9. The van der Waals surface area contributed by atoms with Crippen molar-refractivity contribution in [3.05, 3.63) is 205 Å². The monoisotopic (exact) mass is 758 g/mol. The van der Waals surface area contributed by atoms with Crippen molar-refractivity contribution in [1.29, 1.82) is 0 Å². The molecule has 1 aliphatic rings. The normalized spacial score (nSPS) is 12.8. The van der Waals surface area contributed by atoms with E-state index in [-0.39, 0.29) is 5.41 Å². The average Bonchev–Trinajstić information content (AvgIpc) is 3.78. The van der Waals surface area contributed by atoms with Gasteiger partial charge in [0.15, 0.2) is 5.82 Å². The predicted molar refractivity (Wildman–Crippen MR) is 245 cm³/mol. The zero-order chi connectivity index (χ0) is 38.8. The number of nitrogens with zero attached hydrogens (tertiary/aromatic N) is 2. The molecule has 0 saturated heterocycles. The smallest absolute Gasteiger partial charge is 0.160 e. The minimum atomic E-state index is -0.0904. The van der Waals surface area contributed by atoms with E-state index in [1.807, 2.05) is 35.6 Å². The summed E-state index contributed by atoms with van der Waals surface area (Å²) in [5, 5.41) is 2.58. The van der Waals surface area contributed by atoms with Crippen LogP contribution in [-0.2, 0) is 5.41 Å². The number of fused-ring (bicyclic) bond motifs is 6. The summed E-state index contributed by atoms with van der Waals surface area (Å²) >= 11 is 1.87. The molecular formula is C55H38N2S. The van der Waals surface area contributed by atoms with Gasteiger partial charge in [-0.2, -0.15) is 0 Å². The molecule has 2 nitrogen and oxygen atoms in total. The van der Waals surface area contributed by atoms with Gasteiger partial charge in [-0.25, -0.2) is 9.97 Å². The van der Waals surface area contributed by atoms with Crippen LogP contribution in [-0.4, -0.2) is 9.97 Å². The SMILES string of the molecule is CC1(C)c2ccccc2-c2ccc(-c3ccccc3-c3cc(-c4cc(-c5ccccc5)nc(-c5ccccc5)n4)cc(-c4cccc5c4sc4ccccc45)c3)cc21. The second kappa shape index (κ2) is 13.6. The van der Waals surface area contributed by atoms with Crippen molar-refractivity contribution < 1.29 is 0 Å². The van der Waals surface area contributed by atoms with Crippen molar-refractivity contribution in [1.82, 2.24) is 9.97 Å². The van der Waals surface area contributed by atoms with Gasteiger partial charge in [-0.05, 0) is 92.0 Å². The molecule has 2 heterocycles. The van der Waals surface area contributed by atoms with Crippen LogP contribution in [0.25, 0.3) is 98.6 Å². The van der Waals surface area contributed by atoms with Crippen molar-refractivity contribution >= 4 is 31.5 Å². The molecule has 0 atom stereocenters. The van der Waals surface area contributed by atoms with Crippen molar-refractivity contribution in [3.63, 3.8) is 0 Å². The van der Waals surface area contributed by atoms with Gasteiger partial charge in [-0.3, -0.25) is 0 Å². The van der Waals surface area contributed by atoms with Gasteiger partial charge in [0.05, 0.1) is 11.4 Å². The van der Waals surface area contributed by atoms with E-state index in [4.69, 9.17) is 9.97 Å². The zero-order valence-corrected chi connectivity index (χ0v) is 33.1. The lowest BCUT2D eigenvalue weighted by molar-refractivity contribution is 0.660. The molecule has 0 spiro atoms. The van der Waals surface area contributed by atoms with Crippen molar-refractivity contribution in [2.45, 2.75) is 19.3 Å². The van der Waals surface area contributed by atoms with E-state index in [0.29, 0.717) is 5.82 Å². The molecular weight excluding hydrogens is 721 g/mol. The fourth-order valence-corrected chi connectivity index (χ4v) is 10.2. The maximum Gasteiger partial charge on any atom is 0.160 e. The average molecular weight is 759 g/mol. The molecule has 0 saturated carbocycles. The number of thiophene rings is 1. The number of benzene rings is 8. The highest BCUT2D eigenvalue weighted by Crippen LogP contribution is 2.50. The summed E-state index contributed by atoms with van der Waals surface area (Å²) in [6.07, 6.45) is 0. The van der Waals surface area contributed by atoms with E-state index in [0.717, 1.165) is 39.2 Å². The minimum absolute atomic E-state index is 0.0904. The van der Waals surface area contributed by atoms with Crippen molar-refractivity contribution in [2.75, 3.05) is 0 Å². The molecule has 0 unspecified atom stereocenters. The number of hydrogen-bond donors (Lipinski definition) is 0. The maximum absolute atomic E-state index is 5.31. The summed E-state index contributed by atoms with van der Waals surface area (Å²) in [5.41, 5.74) is 17.3. The molecule has 0 N–H and O–H groups in total. The van der Waals surface area contributed by atoms with Crippen molar-refractivity contribution in [2.24, 2.45) is 0 Å². The molecule has 2 aromatic heterocycles. The lowest BCUT2D eigenvalue weighted by atomic mass is 9.81. The summed E-state index contributed by atoms with van der Waals surface area (Å²) in [7, 11) is 0. The first kappa shape index (κ1) is 34.3. The van der Waals surface area contributed by atoms with Crippen LogP contribution in [0.1, 0.15) is 25.0 Å². The third kappa shape index (κ3) is 5.69. The van der Waals surface area contributed by atoms with Crippen LogP contribution < -0.4 is 0 Å². The van der Waals surface area contributed by atoms with Gasteiger partial charge in [-0.1, -0.05) is 172 Å². The zero-order valence-electron chi connectivity index (χ0n) is 32.3. The quantitative estimate of drug-likeness (QED) is 0.169. The highest BCUT2D eigenvalue weighted by Gasteiger charge is 2.35. The first-order valence-corrected chi connectivity index (χ1v) is 20.7. The summed E-state index contributed by atoms with van der Waals surface area (Å²) in [6, 6.07) is 70.2. The van der Waals surface area contributed by atoms with E-state index >= 15 is 0 Å². The second-order valence-corrected chi connectivity index (χ2v) is 16.8. The van der Waals surface area contributed by atoms with Gasteiger partial charge in [0.1, 0.15) is 0 Å². The Labute approximate surface area is 342 Å². The van der Waals surface area contributed by atoms with Crippen LogP contribution in [0.4, 0.5) is 0 Å². The van der Waals surface area contributed by atoms with Gasteiger partial charge < -0.3 is 0 Å². The first-order valence-electron chi connectivity index (χ1n) is 19.9. The van der Waals surface area contributed by atoms with Gasteiger partial charge >= 0.3 is 0 Å². The molecule has 0 aliphatic heterocycles. The second-order valence-electron chi connectivity index (χ2n) is 15.8. The van der Waals surface area contributed by atoms with E-state index in [1.165, 1.54) is 64.7 Å². The van der Waals surface area contributed by atoms with Gasteiger partial charge in [0.25, 0.3) is 0 Å². The van der Waals surface area contributed by atoms with Crippen molar-refractivity contribution in [3.8, 4) is 78.4 Å². The summed E-state index contributed by atoms with van der Waals surface area (Å²) in [6.45, 7) is 4.71. The van der Waals surface area contributed by atoms with Crippen LogP contribution in [0.15, 0.2) is 194 Å². The Bertz CT molecular complexity index is 3140. The van der Waals surface area contributed by atoms with Crippen LogP contribution in [0, 0.1) is 0 Å². The largest absolute Gasteiger partial charge is 0.228 e. The third-order valence-corrected chi connectivity index (χ3v) is 13.1. The Balaban J connectivity index is 1.15. The Morgan fingerprint density at radius 2 is 0.914 bits per heavy atom. The molecule has 8 aromatic carbocycles. The van der Waals surface area contributed by atoms with E-state index in [2.05, 4.69) is 184 Å². The Hall–Kier alpha value is -6.94. The van der Waals surface area contributed by atoms with E-state index in [9.17, 15) is 0 Å². The van der Waals surface area contributed by atoms with E-state index < -0.39 is 0 Å². The lowest BCUT2D eigenvalue weighted by Gasteiger charge is -2.22. The van der Waals surface area contributed by atoms with E-state index in [1.54, 1.807) is 0 Å². The van der Waals surface area contributed by atoms with Crippen LogP contribution >= 0.6 is 11.3 Å². The molecule has 11 rings (SSSR count). The number of aromatic nitrogens is 2. The molecule has 0 bridgehead atoms. The number of hydrogen-bond acceptors (Lipinski definition) is 3. The minimum Gasteiger partial charge on any atom is -0.228 e. The van der Waals surface area contributed by atoms with Crippen LogP contribution in [0.3, 0.4) is 0 Å². The van der Waals surface area contributed by atoms with Gasteiger partial charge in [0.2, 0.25) is 0 Å². The summed E-state index contributed by atoms with van der Waals surface area (Å²) in [4.78, 5) is 10.4. The Kier molecular flexibility index (Phi) is 8.06. The van der Waals surface area contributed by atoms with Crippen LogP contribution in [0.5, 0.6) is 0 Å². The summed E-state index contributed by atoms with van der Waals surface area (Å²) < 4.78 is 2.59. The molecule has 0 fully saturated rings. The lowest BCUT2D eigenvalue weighted by Crippen LogP contribution is -2.14. The molecule has 3 heteroatoms. The number of rotatable bonds is 6. The summed E-state index contributed by atoms with van der Waals surface area (Å²) in [5.74, 6) is 0.706. The molecule has 58 heavy (non-hydrogen) atoms. The molecule has 1 aliphatic carbocycles. The molecule has 0 amide bonds. The highest BCUT2D eigenvalue weighted by molar-refractivity contribution is 7.26. The van der Waals surface area contributed by atoms with Gasteiger partial charge in [0, 0.05) is 42.3 Å². The first-order chi connectivity index (χ1) is 28.5. The molecule has 274 valence electrons. The molecule has 0 radical (unpaired) electrons. The molecule has 10 aromatic rings.